The van der Waals surface area contributed by atoms with Gasteiger partial charge >= 0.3 is 0 Å². The average Bonchev–Trinajstić information content (AvgIpc) is 2.27. The van der Waals surface area contributed by atoms with E-state index < -0.39 is 0 Å². The van der Waals surface area contributed by atoms with E-state index in [1.807, 2.05) is 36.5 Å². The van der Waals surface area contributed by atoms with Gasteiger partial charge in [0, 0.05) is 5.92 Å². The lowest BCUT2D eigenvalue weighted by Crippen LogP contribution is -2.31. The fraction of sp³-hybridized carbons (Fsp3) is 0.818. The van der Waals surface area contributed by atoms with Gasteiger partial charge in [-0.25, -0.2) is 0 Å². The van der Waals surface area contributed by atoms with Gasteiger partial charge in [-0.2, -0.15) is 0 Å². The van der Waals surface area contributed by atoms with Gasteiger partial charge in [0.25, 0.3) is 0 Å². The molecule has 1 aliphatic heterocycles. The normalized spacial score (nSPS) is 25.4. The van der Waals surface area contributed by atoms with Crippen LogP contribution in [0.3, 0.4) is 0 Å². The van der Waals surface area contributed by atoms with Crippen LogP contribution in [0.2, 0.25) is 0 Å². The minimum Gasteiger partial charge on any atom is -0.392 e. The van der Waals surface area contributed by atoms with Crippen molar-refractivity contribution in [3.05, 3.63) is 12.7 Å². The number of hydrogen-bond acceptors (Lipinski definition) is 3. The number of hydrogen-bond donors (Lipinski definition) is 1. The van der Waals surface area contributed by atoms with Crippen molar-refractivity contribution in [2.24, 2.45) is 11.8 Å². The Labute approximate surface area is 95.7 Å². The van der Waals surface area contributed by atoms with Crippen LogP contribution in [-0.2, 0) is 0 Å². The summed E-state index contributed by atoms with van der Waals surface area (Å²) in [6.07, 6.45) is 2.92. The van der Waals surface area contributed by atoms with Crippen molar-refractivity contribution in [3.63, 3.8) is 0 Å². The van der Waals surface area contributed by atoms with Gasteiger partial charge in [-0.05, 0) is 23.8 Å². The molecule has 0 unspecified atom stereocenters. The van der Waals surface area contributed by atoms with Crippen LogP contribution >= 0.6 is 23.5 Å². The lowest BCUT2D eigenvalue weighted by atomic mass is 9.95. The average molecular weight is 232 g/mol. The third kappa shape index (κ3) is 3.21. The molecule has 0 aromatic rings. The molecule has 0 aromatic heterocycles. The largest absolute Gasteiger partial charge is 0.392 e. The van der Waals surface area contributed by atoms with Gasteiger partial charge < -0.3 is 5.11 Å². The minimum atomic E-state index is -0.240. The van der Waals surface area contributed by atoms with Crippen molar-refractivity contribution >= 4 is 23.5 Å². The summed E-state index contributed by atoms with van der Waals surface area (Å²) in [5.74, 6) is 3.06. The van der Waals surface area contributed by atoms with Crippen LogP contribution in [0.25, 0.3) is 0 Å². The molecule has 0 aliphatic carbocycles. The van der Waals surface area contributed by atoms with E-state index in [1.54, 1.807) is 0 Å². The molecule has 1 saturated heterocycles. The van der Waals surface area contributed by atoms with Gasteiger partial charge in [0.1, 0.15) is 0 Å². The lowest BCUT2D eigenvalue weighted by Gasteiger charge is -2.31. The van der Waals surface area contributed by atoms with Gasteiger partial charge in [0.2, 0.25) is 0 Å². The molecule has 0 saturated carbocycles. The number of thioether (sulfide) groups is 2. The molecule has 14 heavy (non-hydrogen) atoms. The summed E-state index contributed by atoms with van der Waals surface area (Å²) in [4.78, 5) is 0. The molecule has 82 valence electrons. The molecule has 0 radical (unpaired) electrons. The maximum absolute atomic E-state index is 10.0. The Bertz CT molecular complexity index is 178. The third-order valence-electron chi connectivity index (χ3n) is 2.73. The second-order valence-corrected chi connectivity index (χ2v) is 6.71. The van der Waals surface area contributed by atoms with Gasteiger partial charge in [0.05, 0.1) is 10.7 Å². The van der Waals surface area contributed by atoms with Gasteiger partial charge in [0.15, 0.2) is 0 Å². The standard InChI is InChI=1S/C11H20OS2/c1-4-8(2)10(12)9(3)11-13-6-5-7-14-11/h4,8-12H,1,5-7H2,2-3H3/t8-,9+,10-/m0/s1. The van der Waals surface area contributed by atoms with E-state index >= 15 is 0 Å². The van der Waals surface area contributed by atoms with Crippen molar-refractivity contribution < 1.29 is 5.11 Å². The summed E-state index contributed by atoms with van der Waals surface area (Å²) in [7, 11) is 0. The molecule has 0 amide bonds. The maximum Gasteiger partial charge on any atom is 0.0644 e. The molecule has 1 aliphatic rings. The first-order valence-corrected chi connectivity index (χ1v) is 7.30. The highest BCUT2D eigenvalue weighted by Crippen LogP contribution is 2.38. The highest BCUT2D eigenvalue weighted by molar-refractivity contribution is 8.17. The number of rotatable bonds is 4. The zero-order valence-electron chi connectivity index (χ0n) is 8.98. The summed E-state index contributed by atoms with van der Waals surface area (Å²) < 4.78 is 0.571. The molecule has 3 atom stereocenters. The fourth-order valence-electron chi connectivity index (χ4n) is 1.59. The Kier molecular flexibility index (Phi) is 5.42. The zero-order valence-corrected chi connectivity index (χ0v) is 10.6. The molecular weight excluding hydrogens is 212 g/mol. The molecular formula is C11H20OS2. The van der Waals surface area contributed by atoms with Crippen molar-refractivity contribution in [2.45, 2.75) is 31.0 Å². The van der Waals surface area contributed by atoms with E-state index in [1.165, 1.54) is 17.9 Å². The second kappa shape index (κ2) is 6.09. The number of aliphatic hydroxyl groups excluding tert-OH is 1. The van der Waals surface area contributed by atoms with Crippen LogP contribution in [0, 0.1) is 11.8 Å². The lowest BCUT2D eigenvalue weighted by molar-refractivity contribution is 0.0901. The molecule has 1 N–H and O–H groups in total. The Morgan fingerprint density at radius 3 is 2.43 bits per heavy atom. The SMILES string of the molecule is C=C[C@H](C)[C@H](O)[C@@H](C)C1SCCCS1. The molecule has 0 spiro atoms. The Hall–Kier alpha value is 0.400. The van der Waals surface area contributed by atoms with Gasteiger partial charge in [-0.3, -0.25) is 0 Å². The van der Waals surface area contributed by atoms with Crippen LogP contribution in [0.15, 0.2) is 12.7 Å². The molecule has 3 heteroatoms. The van der Waals surface area contributed by atoms with Crippen LogP contribution in [-0.4, -0.2) is 27.3 Å². The first kappa shape index (κ1) is 12.5. The fourth-order valence-corrected chi connectivity index (χ4v) is 4.75. The highest BCUT2D eigenvalue weighted by Gasteiger charge is 2.28. The van der Waals surface area contributed by atoms with Crippen LogP contribution in [0.4, 0.5) is 0 Å². The minimum absolute atomic E-state index is 0.202. The number of aliphatic hydroxyl groups is 1. The van der Waals surface area contributed by atoms with Crippen molar-refractivity contribution in [3.8, 4) is 0 Å². The molecule has 1 fully saturated rings. The predicted molar refractivity (Wildman–Crippen MR) is 67.9 cm³/mol. The van der Waals surface area contributed by atoms with E-state index in [9.17, 15) is 5.11 Å². The zero-order chi connectivity index (χ0) is 10.6. The van der Waals surface area contributed by atoms with E-state index in [4.69, 9.17) is 0 Å². The summed E-state index contributed by atoms with van der Waals surface area (Å²) in [5, 5.41) is 10.0. The van der Waals surface area contributed by atoms with Crippen molar-refractivity contribution in [1.29, 1.82) is 0 Å². The van der Waals surface area contributed by atoms with E-state index in [-0.39, 0.29) is 12.0 Å². The molecule has 0 aromatic carbocycles. The van der Waals surface area contributed by atoms with E-state index in [0.717, 1.165) is 0 Å². The van der Waals surface area contributed by atoms with Gasteiger partial charge in [-0.1, -0.05) is 19.9 Å². The topological polar surface area (TPSA) is 20.2 Å². The Balaban J connectivity index is 2.45. The first-order valence-electron chi connectivity index (χ1n) is 5.20. The Morgan fingerprint density at radius 2 is 1.93 bits per heavy atom. The van der Waals surface area contributed by atoms with E-state index in [0.29, 0.717) is 10.5 Å². The molecule has 1 rings (SSSR count). The monoisotopic (exact) mass is 232 g/mol. The maximum atomic E-state index is 10.0. The summed E-state index contributed by atoms with van der Waals surface area (Å²) >= 11 is 3.99. The summed E-state index contributed by atoms with van der Waals surface area (Å²) in [6.45, 7) is 7.92. The Morgan fingerprint density at radius 1 is 1.36 bits per heavy atom. The van der Waals surface area contributed by atoms with E-state index in [2.05, 4.69) is 13.5 Å². The third-order valence-corrected chi connectivity index (χ3v) is 6.11. The quantitative estimate of drug-likeness (QED) is 0.753. The van der Waals surface area contributed by atoms with Crippen LogP contribution in [0.5, 0.6) is 0 Å². The molecule has 1 heterocycles. The molecule has 1 nitrogen and oxygen atoms in total. The van der Waals surface area contributed by atoms with Crippen molar-refractivity contribution in [2.75, 3.05) is 11.5 Å². The highest BCUT2D eigenvalue weighted by atomic mass is 32.2. The smallest absolute Gasteiger partial charge is 0.0644 e. The van der Waals surface area contributed by atoms with Crippen molar-refractivity contribution in [1.82, 2.24) is 0 Å². The van der Waals surface area contributed by atoms with Gasteiger partial charge in [-0.15, -0.1) is 30.1 Å². The summed E-state index contributed by atoms with van der Waals surface area (Å²) in [6, 6.07) is 0. The first-order chi connectivity index (χ1) is 6.66. The molecule has 0 bridgehead atoms. The van der Waals surface area contributed by atoms with Crippen LogP contribution in [0.1, 0.15) is 20.3 Å². The predicted octanol–water partition coefficient (Wildman–Crippen LogP) is 3.00. The second-order valence-electron chi connectivity index (χ2n) is 3.91. The summed E-state index contributed by atoms with van der Waals surface area (Å²) in [5.41, 5.74) is 0. The van der Waals surface area contributed by atoms with Crippen LogP contribution < -0.4 is 0 Å².